The molecular weight excluding hydrogens is 312 g/mol. The third-order valence-corrected chi connectivity index (χ3v) is 4.48. The van der Waals surface area contributed by atoms with Crippen molar-refractivity contribution < 1.29 is 0 Å². The molecule has 0 unspecified atom stereocenters. The highest BCUT2D eigenvalue weighted by Crippen LogP contribution is 2.26. The predicted molar refractivity (Wildman–Crippen MR) is 83.0 cm³/mol. The van der Waals surface area contributed by atoms with Crippen LogP contribution in [0.25, 0.3) is 0 Å². The third kappa shape index (κ3) is 3.62. The number of likely N-dealkylation sites (N-methyl/N-ethyl adjacent to an activating group) is 1. The highest BCUT2D eigenvalue weighted by molar-refractivity contribution is 9.08. The van der Waals surface area contributed by atoms with Crippen molar-refractivity contribution in [1.82, 2.24) is 4.90 Å². The number of rotatable bonds is 5. The molecule has 1 aromatic rings. The summed E-state index contributed by atoms with van der Waals surface area (Å²) in [5.74, 6) is 0. The molecule has 1 aromatic carbocycles. The van der Waals surface area contributed by atoms with Crippen LogP contribution in [0, 0.1) is 0 Å². The van der Waals surface area contributed by atoms with Crippen molar-refractivity contribution in [2.24, 2.45) is 0 Å². The van der Waals surface area contributed by atoms with E-state index in [2.05, 4.69) is 44.9 Å². The minimum absolute atomic E-state index is 0.843. The van der Waals surface area contributed by atoms with E-state index in [0.717, 1.165) is 29.1 Å². The van der Waals surface area contributed by atoms with Crippen LogP contribution in [-0.4, -0.2) is 38.1 Å². The maximum Gasteiger partial charge on any atom is 0.0642 e. The van der Waals surface area contributed by atoms with Gasteiger partial charge in [-0.3, -0.25) is 0 Å². The SMILES string of the molecule is CN(CCN1CCCC1)c1ccc(CBr)cc1Cl. The van der Waals surface area contributed by atoms with E-state index in [1.54, 1.807) is 0 Å². The molecule has 0 spiro atoms. The summed E-state index contributed by atoms with van der Waals surface area (Å²) >= 11 is 9.77. The van der Waals surface area contributed by atoms with Crippen LogP contribution >= 0.6 is 27.5 Å². The van der Waals surface area contributed by atoms with Crippen LogP contribution in [0.4, 0.5) is 5.69 Å². The number of likely N-dealkylation sites (tertiary alicyclic amines) is 1. The molecule has 1 aliphatic heterocycles. The highest BCUT2D eigenvalue weighted by Gasteiger charge is 2.13. The lowest BCUT2D eigenvalue weighted by Crippen LogP contribution is -2.31. The number of nitrogens with zero attached hydrogens (tertiary/aromatic N) is 2. The predicted octanol–water partition coefficient (Wildman–Crippen LogP) is 3.77. The molecule has 0 aromatic heterocycles. The van der Waals surface area contributed by atoms with Crippen LogP contribution in [0.2, 0.25) is 5.02 Å². The van der Waals surface area contributed by atoms with Gasteiger partial charge in [-0.2, -0.15) is 0 Å². The van der Waals surface area contributed by atoms with Gasteiger partial charge >= 0.3 is 0 Å². The Hall–Kier alpha value is -0.250. The average Bonchev–Trinajstić information content (AvgIpc) is 2.88. The van der Waals surface area contributed by atoms with E-state index in [-0.39, 0.29) is 0 Å². The number of hydrogen-bond donors (Lipinski definition) is 0. The number of anilines is 1. The fourth-order valence-corrected chi connectivity index (χ4v) is 3.06. The monoisotopic (exact) mass is 330 g/mol. The largest absolute Gasteiger partial charge is 0.372 e. The summed E-state index contributed by atoms with van der Waals surface area (Å²) in [5.41, 5.74) is 2.34. The first-order valence-corrected chi connectivity index (χ1v) is 7.98. The molecule has 0 N–H and O–H groups in total. The normalized spacial score (nSPS) is 16.2. The Bertz CT molecular complexity index is 391. The van der Waals surface area contributed by atoms with Crippen molar-refractivity contribution in [3.8, 4) is 0 Å². The van der Waals surface area contributed by atoms with Gasteiger partial charge in [-0.1, -0.05) is 33.6 Å². The van der Waals surface area contributed by atoms with Gasteiger partial charge in [0.15, 0.2) is 0 Å². The van der Waals surface area contributed by atoms with Crippen LogP contribution in [0.5, 0.6) is 0 Å². The first-order chi connectivity index (χ1) is 8.70. The zero-order valence-electron chi connectivity index (χ0n) is 10.8. The number of benzene rings is 1. The standard InChI is InChI=1S/C14H20BrClN2/c1-17(8-9-18-6-2-3-7-18)14-5-4-12(11-15)10-13(14)16/h4-5,10H,2-3,6-9,11H2,1H3. The summed E-state index contributed by atoms with van der Waals surface area (Å²) in [6.45, 7) is 4.68. The zero-order chi connectivity index (χ0) is 13.0. The van der Waals surface area contributed by atoms with Crippen molar-refractivity contribution in [1.29, 1.82) is 0 Å². The van der Waals surface area contributed by atoms with Gasteiger partial charge < -0.3 is 9.80 Å². The molecule has 100 valence electrons. The number of hydrogen-bond acceptors (Lipinski definition) is 2. The molecule has 0 atom stereocenters. The highest BCUT2D eigenvalue weighted by atomic mass is 79.9. The smallest absolute Gasteiger partial charge is 0.0642 e. The molecule has 1 saturated heterocycles. The Morgan fingerprint density at radius 2 is 2.06 bits per heavy atom. The lowest BCUT2D eigenvalue weighted by Gasteiger charge is -2.24. The molecule has 1 aliphatic rings. The number of halogens is 2. The van der Waals surface area contributed by atoms with Crippen molar-refractivity contribution >= 4 is 33.2 Å². The molecule has 2 nitrogen and oxygen atoms in total. The fourth-order valence-electron chi connectivity index (χ4n) is 2.36. The molecule has 0 aliphatic carbocycles. The van der Waals surface area contributed by atoms with Gasteiger partial charge in [0.2, 0.25) is 0 Å². The van der Waals surface area contributed by atoms with Gasteiger partial charge in [0, 0.05) is 25.5 Å². The van der Waals surface area contributed by atoms with Crippen LogP contribution in [0.15, 0.2) is 18.2 Å². The Balaban J connectivity index is 1.93. The topological polar surface area (TPSA) is 6.48 Å². The number of alkyl halides is 1. The van der Waals surface area contributed by atoms with Crippen molar-refractivity contribution in [3.63, 3.8) is 0 Å². The van der Waals surface area contributed by atoms with Crippen LogP contribution in [0.1, 0.15) is 18.4 Å². The first kappa shape index (κ1) is 14.2. The van der Waals surface area contributed by atoms with E-state index in [1.807, 2.05) is 6.07 Å². The Labute approximate surface area is 123 Å². The minimum atomic E-state index is 0.843. The van der Waals surface area contributed by atoms with Crippen molar-refractivity contribution in [2.75, 3.05) is 38.1 Å². The first-order valence-electron chi connectivity index (χ1n) is 6.48. The lowest BCUT2D eigenvalue weighted by atomic mass is 10.2. The maximum absolute atomic E-state index is 6.32. The lowest BCUT2D eigenvalue weighted by molar-refractivity contribution is 0.346. The van der Waals surface area contributed by atoms with Gasteiger partial charge in [0.25, 0.3) is 0 Å². The van der Waals surface area contributed by atoms with E-state index < -0.39 is 0 Å². The molecule has 18 heavy (non-hydrogen) atoms. The second-order valence-electron chi connectivity index (χ2n) is 4.89. The van der Waals surface area contributed by atoms with E-state index in [0.29, 0.717) is 0 Å². The molecule has 2 rings (SSSR count). The average molecular weight is 332 g/mol. The van der Waals surface area contributed by atoms with Gasteiger partial charge in [-0.25, -0.2) is 0 Å². The van der Waals surface area contributed by atoms with E-state index >= 15 is 0 Å². The van der Waals surface area contributed by atoms with Gasteiger partial charge in [0.05, 0.1) is 10.7 Å². The van der Waals surface area contributed by atoms with Gasteiger partial charge in [-0.15, -0.1) is 0 Å². The molecule has 0 amide bonds. The van der Waals surface area contributed by atoms with Crippen LogP contribution in [-0.2, 0) is 5.33 Å². The van der Waals surface area contributed by atoms with E-state index in [1.165, 1.54) is 31.5 Å². The molecule has 0 radical (unpaired) electrons. The molecule has 1 heterocycles. The van der Waals surface area contributed by atoms with E-state index in [9.17, 15) is 0 Å². The second-order valence-corrected chi connectivity index (χ2v) is 5.86. The molecule has 1 fully saturated rings. The van der Waals surface area contributed by atoms with Crippen molar-refractivity contribution in [2.45, 2.75) is 18.2 Å². The molecule has 0 saturated carbocycles. The van der Waals surface area contributed by atoms with Crippen molar-refractivity contribution in [3.05, 3.63) is 28.8 Å². The summed E-state index contributed by atoms with van der Waals surface area (Å²) < 4.78 is 0. The Kier molecular flexibility index (Phi) is 5.34. The summed E-state index contributed by atoms with van der Waals surface area (Å²) in [7, 11) is 2.12. The van der Waals surface area contributed by atoms with Crippen LogP contribution < -0.4 is 4.90 Å². The Morgan fingerprint density at radius 1 is 1.33 bits per heavy atom. The summed E-state index contributed by atoms with van der Waals surface area (Å²) in [6.07, 6.45) is 2.70. The molecular formula is C14H20BrClN2. The quantitative estimate of drug-likeness (QED) is 0.758. The Morgan fingerprint density at radius 3 is 2.67 bits per heavy atom. The summed E-state index contributed by atoms with van der Waals surface area (Å²) in [4.78, 5) is 4.77. The van der Waals surface area contributed by atoms with Crippen LogP contribution in [0.3, 0.4) is 0 Å². The summed E-state index contributed by atoms with van der Waals surface area (Å²) in [6, 6.07) is 6.28. The zero-order valence-corrected chi connectivity index (χ0v) is 13.2. The third-order valence-electron chi connectivity index (χ3n) is 3.53. The minimum Gasteiger partial charge on any atom is -0.372 e. The van der Waals surface area contributed by atoms with Gasteiger partial charge in [0.1, 0.15) is 0 Å². The summed E-state index contributed by atoms with van der Waals surface area (Å²) in [5, 5.41) is 1.70. The second kappa shape index (κ2) is 6.78. The fraction of sp³-hybridized carbons (Fsp3) is 0.571. The maximum atomic E-state index is 6.32. The molecule has 4 heteroatoms. The van der Waals surface area contributed by atoms with E-state index in [4.69, 9.17) is 11.6 Å². The van der Waals surface area contributed by atoms with Gasteiger partial charge in [-0.05, 0) is 43.6 Å². The molecule has 0 bridgehead atoms.